The van der Waals surface area contributed by atoms with Crippen LogP contribution in [0.3, 0.4) is 0 Å². The van der Waals surface area contributed by atoms with Crippen molar-refractivity contribution in [3.8, 4) is 0 Å². The standard InChI is InChI=1S/C11H15ClN2O5S/c1-7(6-15)5-13-20(18,19)11-4-10(14(16)17)9(12)3-8(11)2/h3-4,7,13,15H,5-6H2,1-2H3. The van der Waals surface area contributed by atoms with Gasteiger partial charge >= 0.3 is 0 Å². The van der Waals surface area contributed by atoms with Crippen molar-refractivity contribution in [3.63, 3.8) is 0 Å². The predicted molar refractivity (Wildman–Crippen MR) is 74.3 cm³/mol. The maximum Gasteiger partial charge on any atom is 0.289 e. The third-order valence-corrected chi connectivity index (χ3v) is 4.53. The highest BCUT2D eigenvalue weighted by Gasteiger charge is 2.23. The van der Waals surface area contributed by atoms with E-state index in [4.69, 9.17) is 16.7 Å². The van der Waals surface area contributed by atoms with Crippen molar-refractivity contribution in [2.45, 2.75) is 18.7 Å². The van der Waals surface area contributed by atoms with Crippen molar-refractivity contribution in [1.82, 2.24) is 4.72 Å². The maximum absolute atomic E-state index is 12.1. The molecule has 0 spiro atoms. The van der Waals surface area contributed by atoms with Gasteiger partial charge in [-0.2, -0.15) is 0 Å². The lowest BCUT2D eigenvalue weighted by Gasteiger charge is -2.12. The monoisotopic (exact) mass is 322 g/mol. The minimum Gasteiger partial charge on any atom is -0.396 e. The van der Waals surface area contributed by atoms with Crippen molar-refractivity contribution in [2.24, 2.45) is 5.92 Å². The number of sulfonamides is 1. The van der Waals surface area contributed by atoms with E-state index in [0.29, 0.717) is 5.56 Å². The zero-order valence-corrected chi connectivity index (χ0v) is 12.5. The van der Waals surface area contributed by atoms with Crippen molar-refractivity contribution in [3.05, 3.63) is 32.8 Å². The second kappa shape index (κ2) is 6.49. The van der Waals surface area contributed by atoms with Gasteiger partial charge in [0.1, 0.15) is 5.02 Å². The van der Waals surface area contributed by atoms with Gasteiger partial charge in [0.2, 0.25) is 10.0 Å². The summed E-state index contributed by atoms with van der Waals surface area (Å²) in [5.41, 5.74) is -0.155. The van der Waals surface area contributed by atoms with Crippen molar-refractivity contribution in [1.29, 1.82) is 0 Å². The molecule has 0 aliphatic carbocycles. The first-order valence-corrected chi connectivity index (χ1v) is 7.60. The lowest BCUT2D eigenvalue weighted by Crippen LogP contribution is -2.30. The van der Waals surface area contributed by atoms with Gasteiger partial charge in [-0.05, 0) is 24.5 Å². The van der Waals surface area contributed by atoms with Crippen LogP contribution in [0.2, 0.25) is 5.02 Å². The number of nitro benzene ring substituents is 1. The molecule has 0 radical (unpaired) electrons. The van der Waals surface area contributed by atoms with Gasteiger partial charge in [0, 0.05) is 19.2 Å². The number of hydrogen-bond donors (Lipinski definition) is 2. The van der Waals surface area contributed by atoms with E-state index in [2.05, 4.69) is 4.72 Å². The van der Waals surface area contributed by atoms with E-state index in [1.54, 1.807) is 6.92 Å². The van der Waals surface area contributed by atoms with E-state index >= 15 is 0 Å². The number of aliphatic hydroxyl groups is 1. The molecular formula is C11H15ClN2O5S. The molecule has 0 fully saturated rings. The highest BCUT2D eigenvalue weighted by atomic mass is 35.5. The number of hydrogen-bond acceptors (Lipinski definition) is 5. The summed E-state index contributed by atoms with van der Waals surface area (Å²) < 4.78 is 26.5. The molecule has 9 heteroatoms. The molecule has 0 saturated carbocycles. The quantitative estimate of drug-likeness (QED) is 0.608. The zero-order chi connectivity index (χ0) is 15.5. The molecule has 1 aromatic rings. The number of benzene rings is 1. The maximum atomic E-state index is 12.1. The molecule has 0 saturated heterocycles. The van der Waals surface area contributed by atoms with Crippen LogP contribution in [0.25, 0.3) is 0 Å². The molecule has 0 aromatic heterocycles. The third-order valence-electron chi connectivity index (χ3n) is 2.66. The fourth-order valence-electron chi connectivity index (χ4n) is 1.47. The van der Waals surface area contributed by atoms with Crippen molar-refractivity contribution >= 4 is 27.3 Å². The highest BCUT2D eigenvalue weighted by molar-refractivity contribution is 7.89. The molecule has 1 atom stereocenters. The first kappa shape index (κ1) is 16.8. The Morgan fingerprint density at radius 3 is 2.60 bits per heavy atom. The fourth-order valence-corrected chi connectivity index (χ4v) is 3.16. The van der Waals surface area contributed by atoms with Gasteiger partial charge in [0.15, 0.2) is 0 Å². The van der Waals surface area contributed by atoms with E-state index in [0.717, 1.165) is 6.07 Å². The van der Waals surface area contributed by atoms with Crippen molar-refractivity contribution < 1.29 is 18.4 Å². The van der Waals surface area contributed by atoms with Gasteiger partial charge < -0.3 is 5.11 Å². The lowest BCUT2D eigenvalue weighted by atomic mass is 10.2. The lowest BCUT2D eigenvalue weighted by molar-refractivity contribution is -0.384. The Morgan fingerprint density at radius 1 is 1.50 bits per heavy atom. The van der Waals surface area contributed by atoms with E-state index < -0.39 is 20.6 Å². The number of nitrogens with zero attached hydrogens (tertiary/aromatic N) is 1. The average molecular weight is 323 g/mol. The smallest absolute Gasteiger partial charge is 0.289 e. The molecule has 7 nitrogen and oxygen atoms in total. The van der Waals surface area contributed by atoms with Gasteiger partial charge in [-0.15, -0.1) is 0 Å². The highest BCUT2D eigenvalue weighted by Crippen LogP contribution is 2.30. The largest absolute Gasteiger partial charge is 0.396 e. The van der Waals surface area contributed by atoms with Crippen molar-refractivity contribution in [2.75, 3.05) is 13.2 Å². The molecule has 0 heterocycles. The molecule has 0 bridgehead atoms. The summed E-state index contributed by atoms with van der Waals surface area (Å²) >= 11 is 5.71. The summed E-state index contributed by atoms with van der Waals surface area (Å²) in [6.07, 6.45) is 0. The summed E-state index contributed by atoms with van der Waals surface area (Å²) in [5, 5.41) is 19.6. The van der Waals surface area contributed by atoms with Gasteiger partial charge in [-0.3, -0.25) is 10.1 Å². The van der Waals surface area contributed by atoms with Crippen LogP contribution in [0.4, 0.5) is 5.69 Å². The number of rotatable bonds is 6. The van der Waals surface area contributed by atoms with E-state index in [1.165, 1.54) is 13.0 Å². The second-order valence-corrected chi connectivity index (χ2v) is 6.61. The van der Waals surface area contributed by atoms with Crippen LogP contribution in [0.1, 0.15) is 12.5 Å². The number of halogens is 1. The van der Waals surface area contributed by atoms with Crippen LogP contribution in [-0.4, -0.2) is 31.6 Å². The molecule has 20 heavy (non-hydrogen) atoms. The first-order chi connectivity index (χ1) is 9.19. The van der Waals surface area contributed by atoms with Crippen LogP contribution in [0.5, 0.6) is 0 Å². The van der Waals surface area contributed by atoms with Gasteiger partial charge in [-0.1, -0.05) is 18.5 Å². The second-order valence-electron chi connectivity index (χ2n) is 4.47. The first-order valence-electron chi connectivity index (χ1n) is 5.74. The Labute approximate surface area is 121 Å². The minimum absolute atomic E-state index is 0.0364. The number of nitro groups is 1. The molecule has 1 unspecified atom stereocenters. The van der Waals surface area contributed by atoms with Crippen LogP contribution < -0.4 is 4.72 Å². The SMILES string of the molecule is Cc1cc(Cl)c([N+](=O)[O-])cc1S(=O)(=O)NCC(C)CO. The van der Waals surface area contributed by atoms with Crippen LogP contribution >= 0.6 is 11.6 Å². The summed E-state index contributed by atoms with van der Waals surface area (Å²) in [6.45, 7) is 3.04. The Bertz CT molecular complexity index is 617. The van der Waals surface area contributed by atoms with Gasteiger partial charge in [-0.25, -0.2) is 13.1 Å². The van der Waals surface area contributed by atoms with E-state index in [-0.39, 0.29) is 29.0 Å². The molecule has 1 rings (SSSR count). The average Bonchev–Trinajstić information content (AvgIpc) is 2.35. The molecule has 0 aliphatic rings. The molecule has 1 aromatic carbocycles. The van der Waals surface area contributed by atoms with Gasteiger partial charge in [0.05, 0.1) is 9.82 Å². The molecule has 0 amide bonds. The fraction of sp³-hybridized carbons (Fsp3) is 0.455. The van der Waals surface area contributed by atoms with Crippen LogP contribution in [0, 0.1) is 23.0 Å². The molecular weight excluding hydrogens is 308 g/mol. The minimum atomic E-state index is -3.89. The van der Waals surface area contributed by atoms with Gasteiger partial charge in [0.25, 0.3) is 5.69 Å². The Balaban J connectivity index is 3.18. The summed E-state index contributed by atoms with van der Waals surface area (Å²) in [7, 11) is -3.89. The molecule has 0 aliphatic heterocycles. The summed E-state index contributed by atoms with van der Waals surface area (Å²) in [4.78, 5) is 9.86. The predicted octanol–water partition coefficient (Wildman–Crippen LogP) is 1.46. The Kier molecular flexibility index (Phi) is 5.46. The summed E-state index contributed by atoms with van der Waals surface area (Å²) in [5.74, 6) is -0.257. The Hall–Kier alpha value is -1.22. The third kappa shape index (κ3) is 3.89. The number of nitrogens with one attached hydrogen (secondary N) is 1. The van der Waals surface area contributed by atoms with Crippen LogP contribution in [-0.2, 0) is 10.0 Å². The van der Waals surface area contributed by atoms with E-state index in [1.807, 2.05) is 0 Å². The number of aryl methyl sites for hydroxylation is 1. The molecule has 112 valence electrons. The molecule has 2 N–H and O–H groups in total. The van der Waals surface area contributed by atoms with E-state index in [9.17, 15) is 18.5 Å². The Morgan fingerprint density at radius 2 is 2.10 bits per heavy atom. The zero-order valence-electron chi connectivity index (χ0n) is 11.0. The normalized spacial score (nSPS) is 13.2. The summed E-state index contributed by atoms with van der Waals surface area (Å²) in [6, 6.07) is 2.17. The number of aliphatic hydroxyl groups excluding tert-OH is 1. The van der Waals surface area contributed by atoms with Crippen LogP contribution in [0.15, 0.2) is 17.0 Å². The topological polar surface area (TPSA) is 110 Å².